The van der Waals surface area contributed by atoms with Gasteiger partial charge in [0.25, 0.3) is 0 Å². The van der Waals surface area contributed by atoms with Crippen molar-refractivity contribution >= 4 is 5.91 Å². The number of piperazine rings is 1. The summed E-state index contributed by atoms with van der Waals surface area (Å²) < 4.78 is 0. The first kappa shape index (κ1) is 17.6. The SMILES string of the molecule is C[C@@H]1CNCCN1CC(=O)NC(Cc1ccccc1)c1ccccc1. The molecule has 0 spiro atoms. The fourth-order valence-corrected chi connectivity index (χ4v) is 3.33. The van der Waals surface area contributed by atoms with Gasteiger partial charge in [-0.1, -0.05) is 60.7 Å². The molecule has 0 aliphatic carbocycles. The average Bonchev–Trinajstić information content (AvgIpc) is 2.65. The normalized spacial score (nSPS) is 19.3. The number of carbonyl (C=O) groups excluding carboxylic acids is 1. The number of hydrogen-bond donors (Lipinski definition) is 2. The maximum atomic E-state index is 12.7. The summed E-state index contributed by atoms with van der Waals surface area (Å²) in [6.07, 6.45) is 0.799. The van der Waals surface area contributed by atoms with Gasteiger partial charge in [0.2, 0.25) is 5.91 Å². The van der Waals surface area contributed by atoms with E-state index in [4.69, 9.17) is 0 Å². The maximum Gasteiger partial charge on any atom is 0.234 e. The van der Waals surface area contributed by atoms with Crippen molar-refractivity contribution in [3.63, 3.8) is 0 Å². The van der Waals surface area contributed by atoms with Crippen LogP contribution in [-0.2, 0) is 11.2 Å². The first-order valence-electron chi connectivity index (χ1n) is 9.05. The molecule has 1 saturated heterocycles. The Kier molecular flexibility index (Phi) is 6.20. The van der Waals surface area contributed by atoms with E-state index in [1.165, 1.54) is 5.56 Å². The van der Waals surface area contributed by atoms with Crippen molar-refractivity contribution in [2.75, 3.05) is 26.2 Å². The molecule has 1 amide bonds. The van der Waals surface area contributed by atoms with E-state index >= 15 is 0 Å². The van der Waals surface area contributed by atoms with E-state index in [-0.39, 0.29) is 11.9 Å². The Hall–Kier alpha value is -2.17. The Morgan fingerprint density at radius 1 is 1.16 bits per heavy atom. The third-order valence-corrected chi connectivity index (χ3v) is 4.81. The van der Waals surface area contributed by atoms with Gasteiger partial charge in [0.15, 0.2) is 0 Å². The Morgan fingerprint density at radius 2 is 1.84 bits per heavy atom. The molecule has 132 valence electrons. The van der Waals surface area contributed by atoms with Crippen molar-refractivity contribution in [1.82, 2.24) is 15.5 Å². The first-order valence-corrected chi connectivity index (χ1v) is 9.05. The van der Waals surface area contributed by atoms with E-state index in [9.17, 15) is 4.79 Å². The van der Waals surface area contributed by atoms with Crippen LogP contribution in [0.15, 0.2) is 60.7 Å². The minimum atomic E-state index is -0.00526. The van der Waals surface area contributed by atoms with Gasteiger partial charge in [0.05, 0.1) is 12.6 Å². The molecule has 0 saturated carbocycles. The van der Waals surface area contributed by atoms with E-state index in [1.54, 1.807) is 0 Å². The molecule has 1 unspecified atom stereocenters. The molecule has 1 fully saturated rings. The number of amides is 1. The molecule has 3 rings (SSSR count). The van der Waals surface area contributed by atoms with Gasteiger partial charge in [-0.15, -0.1) is 0 Å². The summed E-state index contributed by atoms with van der Waals surface area (Å²) in [5.74, 6) is 0.0959. The third-order valence-electron chi connectivity index (χ3n) is 4.81. The summed E-state index contributed by atoms with van der Waals surface area (Å²) in [5.41, 5.74) is 2.38. The van der Waals surface area contributed by atoms with Gasteiger partial charge < -0.3 is 10.6 Å². The summed E-state index contributed by atoms with van der Waals surface area (Å²) in [4.78, 5) is 14.9. The molecule has 2 N–H and O–H groups in total. The summed E-state index contributed by atoms with van der Waals surface area (Å²) in [6.45, 7) is 5.44. The molecular formula is C21H27N3O. The third kappa shape index (κ3) is 5.15. The molecule has 4 heteroatoms. The van der Waals surface area contributed by atoms with Crippen LogP contribution in [0.3, 0.4) is 0 Å². The topological polar surface area (TPSA) is 44.4 Å². The molecule has 25 heavy (non-hydrogen) atoms. The fourth-order valence-electron chi connectivity index (χ4n) is 3.33. The van der Waals surface area contributed by atoms with Gasteiger partial charge in [-0.05, 0) is 24.5 Å². The zero-order valence-corrected chi connectivity index (χ0v) is 14.8. The highest BCUT2D eigenvalue weighted by Gasteiger charge is 2.22. The largest absolute Gasteiger partial charge is 0.348 e. The second-order valence-corrected chi connectivity index (χ2v) is 6.74. The smallest absolute Gasteiger partial charge is 0.234 e. The Balaban J connectivity index is 1.67. The number of hydrogen-bond acceptors (Lipinski definition) is 3. The van der Waals surface area contributed by atoms with Gasteiger partial charge >= 0.3 is 0 Å². The minimum absolute atomic E-state index is 0.00526. The quantitative estimate of drug-likeness (QED) is 0.851. The number of carbonyl (C=O) groups is 1. The van der Waals surface area contributed by atoms with Crippen molar-refractivity contribution in [2.24, 2.45) is 0 Å². The molecule has 2 atom stereocenters. The van der Waals surface area contributed by atoms with E-state index in [1.807, 2.05) is 36.4 Å². The van der Waals surface area contributed by atoms with Crippen LogP contribution in [-0.4, -0.2) is 43.0 Å². The summed E-state index contributed by atoms with van der Waals surface area (Å²) >= 11 is 0. The number of nitrogens with one attached hydrogen (secondary N) is 2. The summed E-state index contributed by atoms with van der Waals surface area (Å²) in [7, 11) is 0. The summed E-state index contributed by atoms with van der Waals surface area (Å²) in [5, 5.41) is 6.61. The van der Waals surface area contributed by atoms with E-state index in [0.717, 1.165) is 31.6 Å². The molecule has 0 radical (unpaired) electrons. The lowest BCUT2D eigenvalue weighted by Crippen LogP contribution is -2.53. The van der Waals surface area contributed by atoms with Crippen molar-refractivity contribution in [3.8, 4) is 0 Å². The lowest BCUT2D eigenvalue weighted by atomic mass is 9.99. The van der Waals surface area contributed by atoms with Gasteiger partial charge in [-0.3, -0.25) is 9.69 Å². The minimum Gasteiger partial charge on any atom is -0.348 e. The molecule has 0 aromatic heterocycles. The zero-order chi connectivity index (χ0) is 17.5. The van der Waals surface area contributed by atoms with Crippen molar-refractivity contribution < 1.29 is 4.79 Å². The van der Waals surface area contributed by atoms with E-state index in [0.29, 0.717) is 12.6 Å². The second kappa shape index (κ2) is 8.79. The summed E-state index contributed by atoms with van der Waals surface area (Å²) in [6, 6.07) is 20.9. The van der Waals surface area contributed by atoms with Crippen molar-refractivity contribution in [1.29, 1.82) is 0 Å². The Bertz CT molecular complexity index is 659. The second-order valence-electron chi connectivity index (χ2n) is 6.74. The molecule has 1 aliphatic rings. The monoisotopic (exact) mass is 337 g/mol. The highest BCUT2D eigenvalue weighted by Crippen LogP contribution is 2.18. The maximum absolute atomic E-state index is 12.7. The van der Waals surface area contributed by atoms with Crippen LogP contribution < -0.4 is 10.6 Å². The molecule has 2 aromatic rings. The highest BCUT2D eigenvalue weighted by molar-refractivity contribution is 5.78. The molecular weight excluding hydrogens is 310 g/mol. The van der Waals surface area contributed by atoms with E-state index < -0.39 is 0 Å². The Morgan fingerprint density at radius 3 is 2.52 bits per heavy atom. The molecule has 0 bridgehead atoms. The Labute approximate surface area is 150 Å². The number of rotatable bonds is 6. The van der Waals surface area contributed by atoms with Crippen LogP contribution in [0.4, 0.5) is 0 Å². The first-order chi connectivity index (χ1) is 12.2. The molecule has 4 nitrogen and oxygen atoms in total. The van der Waals surface area contributed by atoms with Crippen LogP contribution >= 0.6 is 0 Å². The van der Waals surface area contributed by atoms with Gasteiger partial charge in [0, 0.05) is 25.7 Å². The van der Waals surface area contributed by atoms with Gasteiger partial charge in [-0.25, -0.2) is 0 Å². The molecule has 1 heterocycles. The van der Waals surface area contributed by atoms with Crippen molar-refractivity contribution in [2.45, 2.75) is 25.4 Å². The lowest BCUT2D eigenvalue weighted by Gasteiger charge is -2.33. The lowest BCUT2D eigenvalue weighted by molar-refractivity contribution is -0.123. The van der Waals surface area contributed by atoms with Crippen LogP contribution in [0.5, 0.6) is 0 Å². The number of benzene rings is 2. The predicted octanol–water partition coefficient (Wildman–Crippen LogP) is 2.38. The van der Waals surface area contributed by atoms with Crippen LogP contribution in [0, 0.1) is 0 Å². The standard InChI is InChI=1S/C21H27N3O/c1-17-15-22-12-13-24(17)16-21(25)23-20(19-10-6-3-7-11-19)14-18-8-4-2-5-9-18/h2-11,17,20,22H,12-16H2,1H3,(H,23,25)/t17-,20?/m1/s1. The zero-order valence-electron chi connectivity index (χ0n) is 14.8. The van der Waals surface area contributed by atoms with Crippen LogP contribution in [0.2, 0.25) is 0 Å². The fraction of sp³-hybridized carbons (Fsp3) is 0.381. The van der Waals surface area contributed by atoms with Gasteiger partial charge in [-0.2, -0.15) is 0 Å². The highest BCUT2D eigenvalue weighted by atomic mass is 16.2. The average molecular weight is 337 g/mol. The van der Waals surface area contributed by atoms with E-state index in [2.05, 4.69) is 46.7 Å². The van der Waals surface area contributed by atoms with Crippen LogP contribution in [0.25, 0.3) is 0 Å². The van der Waals surface area contributed by atoms with Crippen molar-refractivity contribution in [3.05, 3.63) is 71.8 Å². The predicted molar refractivity (Wildman–Crippen MR) is 101 cm³/mol. The number of nitrogens with zero attached hydrogens (tertiary/aromatic N) is 1. The molecule has 1 aliphatic heterocycles. The molecule has 2 aromatic carbocycles. The van der Waals surface area contributed by atoms with Crippen LogP contribution in [0.1, 0.15) is 24.1 Å². The van der Waals surface area contributed by atoms with Gasteiger partial charge in [0.1, 0.15) is 0 Å².